The lowest BCUT2D eigenvalue weighted by Crippen LogP contribution is -2.48. The summed E-state index contributed by atoms with van der Waals surface area (Å²) in [5.74, 6) is 0.0657. The maximum absolute atomic E-state index is 12.5. The van der Waals surface area contributed by atoms with Crippen LogP contribution in [0, 0.1) is 0 Å². The quantitative estimate of drug-likeness (QED) is 0.817. The second-order valence-electron chi connectivity index (χ2n) is 6.40. The number of anilines is 1. The number of sulfonamides is 1. The summed E-state index contributed by atoms with van der Waals surface area (Å²) in [6.07, 6.45) is 1.26. The van der Waals surface area contributed by atoms with Gasteiger partial charge < -0.3 is 9.80 Å². The molecule has 1 aromatic carbocycles. The molecule has 0 aliphatic carbocycles. The molecule has 26 heavy (non-hydrogen) atoms. The van der Waals surface area contributed by atoms with Gasteiger partial charge in [-0.1, -0.05) is 24.3 Å². The van der Waals surface area contributed by atoms with Crippen LogP contribution in [0.2, 0.25) is 0 Å². The fourth-order valence-corrected chi connectivity index (χ4v) is 5.33. The third kappa shape index (κ3) is 4.63. The minimum atomic E-state index is -3.45. The van der Waals surface area contributed by atoms with Crippen LogP contribution in [0.4, 0.5) is 5.69 Å². The van der Waals surface area contributed by atoms with Crippen molar-refractivity contribution >= 4 is 33.0 Å². The number of likely N-dealkylation sites (tertiary alicyclic amines) is 1. The summed E-state index contributed by atoms with van der Waals surface area (Å²) in [6, 6.07) is 13.0. The van der Waals surface area contributed by atoms with Crippen LogP contribution in [0.3, 0.4) is 0 Å². The number of benzene rings is 1. The van der Waals surface area contributed by atoms with Gasteiger partial charge in [0.25, 0.3) is 0 Å². The molecule has 0 bridgehead atoms. The average Bonchev–Trinajstić information content (AvgIpc) is 3.18. The Morgan fingerprint density at radius 3 is 2.50 bits per heavy atom. The molecule has 0 atom stereocenters. The van der Waals surface area contributed by atoms with Crippen LogP contribution >= 0.6 is 11.3 Å². The summed E-state index contributed by atoms with van der Waals surface area (Å²) in [7, 11) is -1.55. The molecule has 0 saturated carbocycles. The van der Waals surface area contributed by atoms with Crippen molar-refractivity contribution in [2.45, 2.75) is 23.1 Å². The van der Waals surface area contributed by atoms with Gasteiger partial charge in [-0.25, -0.2) is 13.1 Å². The molecule has 2 heterocycles. The minimum Gasteiger partial charge on any atom is -0.365 e. The van der Waals surface area contributed by atoms with Crippen LogP contribution in [0.25, 0.3) is 0 Å². The highest BCUT2D eigenvalue weighted by Crippen LogP contribution is 2.19. The predicted octanol–water partition coefficient (Wildman–Crippen LogP) is 2.15. The monoisotopic (exact) mass is 393 g/mol. The van der Waals surface area contributed by atoms with E-state index in [9.17, 15) is 13.2 Å². The molecule has 3 rings (SSSR count). The molecular weight excluding hydrogens is 370 g/mol. The molecule has 2 aromatic rings. The number of thiophene rings is 1. The van der Waals surface area contributed by atoms with Crippen LogP contribution in [0.1, 0.15) is 12.8 Å². The van der Waals surface area contributed by atoms with Gasteiger partial charge in [0.15, 0.2) is 0 Å². The maximum Gasteiger partial charge on any atom is 0.250 e. The number of carbonyl (C=O) groups is 1. The van der Waals surface area contributed by atoms with Gasteiger partial charge >= 0.3 is 0 Å². The molecule has 1 aromatic heterocycles. The van der Waals surface area contributed by atoms with Gasteiger partial charge in [0.1, 0.15) is 4.21 Å². The molecule has 8 heteroatoms. The lowest BCUT2D eigenvalue weighted by molar-refractivity contribution is -0.130. The minimum absolute atomic E-state index is 0.0657. The lowest BCUT2D eigenvalue weighted by atomic mass is 10.1. The van der Waals surface area contributed by atoms with Crippen molar-refractivity contribution in [3.05, 3.63) is 47.8 Å². The van der Waals surface area contributed by atoms with Gasteiger partial charge in [0, 0.05) is 31.9 Å². The smallest absolute Gasteiger partial charge is 0.250 e. The van der Waals surface area contributed by atoms with Gasteiger partial charge in [0.05, 0.1) is 6.54 Å². The Kier molecular flexibility index (Phi) is 5.95. The van der Waals surface area contributed by atoms with E-state index in [2.05, 4.69) is 4.72 Å². The Morgan fingerprint density at radius 2 is 1.88 bits per heavy atom. The van der Waals surface area contributed by atoms with E-state index >= 15 is 0 Å². The first-order valence-electron chi connectivity index (χ1n) is 8.55. The molecule has 1 N–H and O–H groups in total. The number of likely N-dealkylation sites (N-methyl/N-ethyl adjacent to an activating group) is 1. The predicted molar refractivity (Wildman–Crippen MR) is 104 cm³/mol. The van der Waals surface area contributed by atoms with E-state index in [1.807, 2.05) is 47.2 Å². The molecular formula is C18H23N3O3S2. The second kappa shape index (κ2) is 8.20. The molecule has 0 radical (unpaired) electrons. The molecule has 140 valence electrons. The van der Waals surface area contributed by atoms with E-state index in [-0.39, 0.29) is 11.9 Å². The van der Waals surface area contributed by atoms with Crippen molar-refractivity contribution in [1.29, 1.82) is 0 Å². The number of piperidine rings is 1. The van der Waals surface area contributed by atoms with Crippen LogP contribution in [-0.4, -0.2) is 51.9 Å². The summed E-state index contributed by atoms with van der Waals surface area (Å²) < 4.78 is 27.7. The topological polar surface area (TPSA) is 69.7 Å². The van der Waals surface area contributed by atoms with Gasteiger partial charge in [0.2, 0.25) is 15.9 Å². The van der Waals surface area contributed by atoms with Crippen LogP contribution in [-0.2, 0) is 14.8 Å². The third-order valence-corrected chi connectivity index (χ3v) is 7.42. The number of para-hydroxylation sites is 1. The van der Waals surface area contributed by atoms with E-state index in [1.165, 1.54) is 11.3 Å². The number of carbonyl (C=O) groups excluding carboxylic acids is 1. The number of nitrogens with zero attached hydrogens (tertiary/aromatic N) is 2. The van der Waals surface area contributed by atoms with E-state index in [1.54, 1.807) is 17.5 Å². The summed E-state index contributed by atoms with van der Waals surface area (Å²) >= 11 is 1.21. The zero-order valence-electron chi connectivity index (χ0n) is 14.7. The van der Waals surface area contributed by atoms with Gasteiger partial charge in [-0.05, 0) is 36.4 Å². The van der Waals surface area contributed by atoms with Gasteiger partial charge in [-0.3, -0.25) is 4.79 Å². The molecule has 0 spiro atoms. The van der Waals surface area contributed by atoms with Crippen LogP contribution in [0.5, 0.6) is 0 Å². The van der Waals surface area contributed by atoms with Crippen LogP contribution < -0.4 is 9.62 Å². The normalized spacial score (nSPS) is 15.8. The third-order valence-electron chi connectivity index (χ3n) is 4.50. The fraction of sp³-hybridized carbons (Fsp3) is 0.389. The van der Waals surface area contributed by atoms with Gasteiger partial charge in [-0.15, -0.1) is 11.3 Å². The Hall–Kier alpha value is -1.90. The largest absolute Gasteiger partial charge is 0.365 e. The highest BCUT2D eigenvalue weighted by Gasteiger charge is 2.27. The number of hydrogen-bond donors (Lipinski definition) is 1. The first-order valence-corrected chi connectivity index (χ1v) is 10.9. The average molecular weight is 394 g/mol. The van der Waals surface area contributed by atoms with Crippen molar-refractivity contribution < 1.29 is 13.2 Å². The first kappa shape index (κ1) is 18.9. The SMILES string of the molecule is CN(CC(=O)N1CCC(NS(=O)(=O)c2cccs2)CC1)c1ccccc1. The zero-order chi connectivity index (χ0) is 18.6. The number of amides is 1. The Bertz CT molecular complexity index is 815. The molecule has 1 fully saturated rings. The van der Waals surface area contributed by atoms with Gasteiger partial charge in [-0.2, -0.15) is 0 Å². The fourth-order valence-electron chi connectivity index (χ4n) is 3.02. The zero-order valence-corrected chi connectivity index (χ0v) is 16.3. The van der Waals surface area contributed by atoms with Crippen molar-refractivity contribution in [1.82, 2.24) is 9.62 Å². The number of nitrogens with one attached hydrogen (secondary N) is 1. The van der Waals surface area contributed by atoms with Crippen molar-refractivity contribution in [2.24, 2.45) is 0 Å². The molecule has 1 aliphatic rings. The highest BCUT2D eigenvalue weighted by atomic mass is 32.2. The summed E-state index contributed by atoms with van der Waals surface area (Å²) in [4.78, 5) is 16.2. The Labute approximate surface area is 158 Å². The van der Waals surface area contributed by atoms with Crippen molar-refractivity contribution in [3.63, 3.8) is 0 Å². The van der Waals surface area contributed by atoms with Crippen molar-refractivity contribution in [3.8, 4) is 0 Å². The summed E-state index contributed by atoms with van der Waals surface area (Å²) in [5, 5.41) is 1.75. The molecule has 0 unspecified atom stereocenters. The highest BCUT2D eigenvalue weighted by molar-refractivity contribution is 7.91. The van der Waals surface area contributed by atoms with Crippen LogP contribution in [0.15, 0.2) is 52.1 Å². The van der Waals surface area contributed by atoms with E-state index in [0.717, 1.165) is 5.69 Å². The second-order valence-corrected chi connectivity index (χ2v) is 9.29. The standard InChI is InChI=1S/C18H23N3O3S2/c1-20(16-6-3-2-4-7-16)14-17(22)21-11-9-15(10-12-21)19-26(23,24)18-8-5-13-25-18/h2-8,13,15,19H,9-12,14H2,1H3. The van der Waals surface area contributed by atoms with E-state index in [4.69, 9.17) is 0 Å². The maximum atomic E-state index is 12.5. The molecule has 1 saturated heterocycles. The summed E-state index contributed by atoms with van der Waals surface area (Å²) in [5.41, 5.74) is 0.999. The van der Waals surface area contributed by atoms with Crippen molar-refractivity contribution in [2.75, 3.05) is 31.6 Å². The number of hydrogen-bond acceptors (Lipinski definition) is 5. The lowest BCUT2D eigenvalue weighted by Gasteiger charge is -2.33. The summed E-state index contributed by atoms with van der Waals surface area (Å²) in [6.45, 7) is 1.45. The Morgan fingerprint density at radius 1 is 1.19 bits per heavy atom. The van der Waals surface area contributed by atoms with E-state index < -0.39 is 10.0 Å². The number of rotatable bonds is 6. The molecule has 1 aliphatic heterocycles. The van der Waals surface area contributed by atoms with E-state index in [0.29, 0.717) is 36.7 Å². The molecule has 1 amide bonds. The Balaban J connectivity index is 1.50. The first-order chi connectivity index (χ1) is 12.5. The molecule has 6 nitrogen and oxygen atoms in total.